The first-order valence-corrected chi connectivity index (χ1v) is 7.93. The molecule has 2 N–H and O–H groups in total. The Morgan fingerprint density at radius 1 is 1.35 bits per heavy atom. The maximum Gasteiger partial charge on any atom is 0.266 e. The van der Waals surface area contributed by atoms with E-state index >= 15 is 0 Å². The van der Waals surface area contributed by atoms with Crippen LogP contribution < -0.4 is 14.8 Å². The van der Waals surface area contributed by atoms with Crippen LogP contribution in [0.4, 0.5) is 5.69 Å². The molecule has 110 valence electrons. The van der Waals surface area contributed by atoms with E-state index in [1.165, 1.54) is 13.2 Å². The SMILES string of the molecule is COc1ccc2c(c1)S(=O)(=O)NC(=NCCC(C)C)N2. The van der Waals surface area contributed by atoms with E-state index in [1.54, 1.807) is 12.1 Å². The predicted octanol–water partition coefficient (Wildman–Crippen LogP) is 1.80. The van der Waals surface area contributed by atoms with Crippen LogP contribution >= 0.6 is 0 Å². The van der Waals surface area contributed by atoms with E-state index in [2.05, 4.69) is 28.9 Å². The van der Waals surface area contributed by atoms with Crippen LogP contribution in [0.5, 0.6) is 5.75 Å². The van der Waals surface area contributed by atoms with Gasteiger partial charge in [-0.05, 0) is 24.5 Å². The second-order valence-corrected chi connectivity index (χ2v) is 6.66. The first kappa shape index (κ1) is 14.6. The number of anilines is 1. The maximum atomic E-state index is 12.2. The average Bonchev–Trinajstić information content (AvgIpc) is 2.37. The zero-order valence-electron chi connectivity index (χ0n) is 11.8. The van der Waals surface area contributed by atoms with Crippen molar-refractivity contribution in [2.75, 3.05) is 19.0 Å². The number of fused-ring (bicyclic) bond motifs is 1. The summed E-state index contributed by atoms with van der Waals surface area (Å²) >= 11 is 0. The largest absolute Gasteiger partial charge is 0.497 e. The molecule has 6 nitrogen and oxygen atoms in total. The maximum absolute atomic E-state index is 12.2. The summed E-state index contributed by atoms with van der Waals surface area (Å²) in [7, 11) is -2.10. The molecule has 20 heavy (non-hydrogen) atoms. The van der Waals surface area contributed by atoms with Gasteiger partial charge in [0.2, 0.25) is 5.96 Å². The molecule has 1 aliphatic heterocycles. The molecule has 0 saturated heterocycles. The van der Waals surface area contributed by atoms with E-state index in [9.17, 15) is 8.42 Å². The fourth-order valence-corrected chi connectivity index (χ4v) is 2.96. The van der Waals surface area contributed by atoms with Crippen LogP contribution in [-0.2, 0) is 10.0 Å². The fraction of sp³-hybridized carbons (Fsp3) is 0.462. The van der Waals surface area contributed by atoms with Crippen molar-refractivity contribution < 1.29 is 13.2 Å². The number of hydrogen-bond acceptors (Lipinski definition) is 4. The van der Waals surface area contributed by atoms with Gasteiger partial charge in [0.25, 0.3) is 10.0 Å². The molecule has 1 aromatic rings. The molecule has 1 heterocycles. The lowest BCUT2D eigenvalue weighted by atomic mass is 10.1. The van der Waals surface area contributed by atoms with Crippen molar-refractivity contribution in [3.63, 3.8) is 0 Å². The highest BCUT2D eigenvalue weighted by Crippen LogP contribution is 2.28. The smallest absolute Gasteiger partial charge is 0.266 e. The minimum Gasteiger partial charge on any atom is -0.497 e. The summed E-state index contributed by atoms with van der Waals surface area (Å²) in [6.07, 6.45) is 0.905. The van der Waals surface area contributed by atoms with Crippen LogP contribution in [0, 0.1) is 5.92 Å². The Kier molecular flexibility index (Phi) is 4.17. The second-order valence-electron chi connectivity index (χ2n) is 5.01. The average molecular weight is 297 g/mol. The van der Waals surface area contributed by atoms with E-state index in [0.29, 0.717) is 23.9 Å². The standard InChI is InChI=1S/C13H19N3O3S/c1-9(2)6-7-14-13-15-11-5-4-10(19-3)8-12(11)20(17,18)16-13/h4-5,8-9H,6-7H2,1-3H3,(H2,14,15,16). The van der Waals surface area contributed by atoms with E-state index in [1.807, 2.05) is 0 Å². The van der Waals surface area contributed by atoms with Crippen LogP contribution in [0.3, 0.4) is 0 Å². The normalized spacial score (nSPS) is 18.3. The number of ether oxygens (including phenoxy) is 1. The van der Waals surface area contributed by atoms with Gasteiger partial charge in [-0.2, -0.15) is 0 Å². The van der Waals surface area contributed by atoms with Gasteiger partial charge in [0.15, 0.2) is 0 Å². The van der Waals surface area contributed by atoms with Crippen LogP contribution in [0.2, 0.25) is 0 Å². The summed E-state index contributed by atoms with van der Waals surface area (Å²) in [5.41, 5.74) is 0.507. The van der Waals surface area contributed by atoms with Crippen LogP contribution in [-0.4, -0.2) is 28.0 Å². The molecule has 2 rings (SSSR count). The van der Waals surface area contributed by atoms with Gasteiger partial charge in [-0.25, -0.2) is 13.1 Å². The number of benzene rings is 1. The molecular formula is C13H19N3O3S. The van der Waals surface area contributed by atoms with Gasteiger partial charge in [0.1, 0.15) is 10.6 Å². The molecule has 1 aromatic carbocycles. The van der Waals surface area contributed by atoms with Gasteiger partial charge in [0.05, 0.1) is 12.8 Å². The Morgan fingerprint density at radius 3 is 2.75 bits per heavy atom. The summed E-state index contributed by atoms with van der Waals surface area (Å²) in [5.74, 6) is 1.29. The minimum atomic E-state index is -3.60. The molecule has 0 fully saturated rings. The third kappa shape index (κ3) is 3.22. The number of sulfonamides is 1. The van der Waals surface area contributed by atoms with Gasteiger partial charge in [0, 0.05) is 12.6 Å². The molecule has 0 spiro atoms. The van der Waals surface area contributed by atoms with E-state index in [0.717, 1.165) is 6.42 Å². The van der Waals surface area contributed by atoms with Gasteiger partial charge >= 0.3 is 0 Å². The molecule has 0 radical (unpaired) electrons. The number of nitrogens with zero attached hydrogens (tertiary/aromatic N) is 1. The number of aliphatic imine (C=N–C) groups is 1. The van der Waals surface area contributed by atoms with Gasteiger partial charge in [-0.1, -0.05) is 13.8 Å². The number of methoxy groups -OCH3 is 1. The van der Waals surface area contributed by atoms with Crippen molar-refractivity contribution in [2.24, 2.45) is 10.9 Å². The fourth-order valence-electron chi connectivity index (χ4n) is 1.80. The quantitative estimate of drug-likeness (QED) is 0.888. The topological polar surface area (TPSA) is 79.8 Å². The molecule has 0 saturated carbocycles. The summed E-state index contributed by atoms with van der Waals surface area (Å²) in [6.45, 7) is 4.77. The summed E-state index contributed by atoms with van der Waals surface area (Å²) < 4.78 is 31.8. The third-order valence-corrected chi connectivity index (χ3v) is 4.32. The Labute approximate surface area is 119 Å². The molecule has 0 unspecified atom stereocenters. The number of rotatable bonds is 4. The zero-order chi connectivity index (χ0) is 14.8. The monoisotopic (exact) mass is 297 g/mol. The first-order valence-electron chi connectivity index (χ1n) is 6.44. The van der Waals surface area contributed by atoms with Gasteiger partial charge in [-0.15, -0.1) is 0 Å². The Morgan fingerprint density at radius 2 is 2.10 bits per heavy atom. The van der Waals surface area contributed by atoms with E-state index in [-0.39, 0.29) is 10.9 Å². The molecule has 0 aromatic heterocycles. The highest BCUT2D eigenvalue weighted by atomic mass is 32.2. The second kappa shape index (κ2) is 5.70. The number of nitrogens with one attached hydrogen (secondary N) is 2. The third-order valence-electron chi connectivity index (χ3n) is 2.94. The van der Waals surface area contributed by atoms with E-state index in [4.69, 9.17) is 4.74 Å². The minimum absolute atomic E-state index is 0.166. The summed E-state index contributed by atoms with van der Waals surface area (Å²) in [5, 5.41) is 2.98. The van der Waals surface area contributed by atoms with Crippen LogP contribution in [0.15, 0.2) is 28.1 Å². The van der Waals surface area contributed by atoms with Crippen molar-refractivity contribution in [1.29, 1.82) is 0 Å². The Balaban J connectivity index is 2.27. The van der Waals surface area contributed by atoms with Gasteiger partial charge < -0.3 is 10.1 Å². The Hall–Kier alpha value is -1.76. The van der Waals surface area contributed by atoms with Crippen molar-refractivity contribution >= 4 is 21.7 Å². The molecule has 0 atom stereocenters. The summed E-state index contributed by atoms with van der Waals surface area (Å²) in [4.78, 5) is 4.41. The van der Waals surface area contributed by atoms with Crippen LogP contribution in [0.1, 0.15) is 20.3 Å². The molecule has 7 heteroatoms. The molecule has 0 aliphatic carbocycles. The molecular weight excluding hydrogens is 278 g/mol. The van der Waals surface area contributed by atoms with Crippen LogP contribution in [0.25, 0.3) is 0 Å². The molecule has 1 aliphatic rings. The number of guanidine groups is 1. The van der Waals surface area contributed by atoms with Crippen molar-refractivity contribution in [3.05, 3.63) is 18.2 Å². The Bertz CT molecular complexity index is 624. The van der Waals surface area contributed by atoms with Crippen molar-refractivity contribution in [2.45, 2.75) is 25.2 Å². The zero-order valence-corrected chi connectivity index (χ0v) is 12.6. The lowest BCUT2D eigenvalue weighted by Gasteiger charge is -2.22. The van der Waals surface area contributed by atoms with Gasteiger partial charge in [-0.3, -0.25) is 4.99 Å². The summed E-state index contributed by atoms with van der Waals surface area (Å²) in [6, 6.07) is 4.86. The highest BCUT2D eigenvalue weighted by molar-refractivity contribution is 7.90. The first-order chi connectivity index (χ1) is 9.42. The lowest BCUT2D eigenvalue weighted by Crippen LogP contribution is -2.40. The highest BCUT2D eigenvalue weighted by Gasteiger charge is 2.26. The molecule has 0 amide bonds. The van der Waals surface area contributed by atoms with E-state index < -0.39 is 10.0 Å². The van der Waals surface area contributed by atoms with Crippen molar-refractivity contribution in [1.82, 2.24) is 4.72 Å². The van der Waals surface area contributed by atoms with Crippen molar-refractivity contribution in [3.8, 4) is 5.75 Å². The lowest BCUT2D eigenvalue weighted by molar-refractivity contribution is 0.413. The number of hydrogen-bond donors (Lipinski definition) is 2. The predicted molar refractivity (Wildman–Crippen MR) is 78.7 cm³/mol. The molecule has 0 bridgehead atoms.